The van der Waals surface area contributed by atoms with E-state index in [0.29, 0.717) is 17.3 Å². The van der Waals surface area contributed by atoms with Crippen molar-refractivity contribution in [1.82, 2.24) is 0 Å². The van der Waals surface area contributed by atoms with Crippen LogP contribution in [0.15, 0.2) is 89.3 Å². The van der Waals surface area contributed by atoms with Crippen LogP contribution in [-0.2, 0) is 33.3 Å². The minimum absolute atomic E-state index is 0.0159. The minimum atomic E-state index is -4.61. The van der Waals surface area contributed by atoms with Gasteiger partial charge in [0.05, 0.1) is 11.3 Å². The summed E-state index contributed by atoms with van der Waals surface area (Å²) in [5, 5.41) is 0.974. The standard InChI is InChI=1S/C54H58BF3N2O/c1-31-25-32(49(2,3)4)17-20-41(31)60-44-27-33(54(56,57)58)26-43-47(44)55(46-35-15-13-14-16-45(35)61-48(46)60)40-29-38-39(53(11,12)24-23-52(38,9)10)30-42(40)59(43)34-18-19-36-37(28-34)51(7,8)22-21-50(36,5)6/h13-20,25-30H,21-24H2,1-12H3. The van der Waals surface area contributed by atoms with Crippen molar-refractivity contribution in [3.05, 3.63) is 124 Å². The molecule has 3 heterocycles. The van der Waals surface area contributed by atoms with E-state index in [0.717, 1.165) is 81.2 Å². The van der Waals surface area contributed by atoms with Crippen molar-refractivity contribution in [3.63, 3.8) is 0 Å². The summed E-state index contributed by atoms with van der Waals surface area (Å²) in [4.78, 5) is 4.19. The van der Waals surface area contributed by atoms with Gasteiger partial charge in [-0.05, 0) is 146 Å². The maximum atomic E-state index is 15.6. The van der Waals surface area contributed by atoms with E-state index in [1.165, 1.54) is 34.4 Å². The Kier molecular flexibility index (Phi) is 8.30. The third kappa shape index (κ3) is 5.91. The molecule has 4 aliphatic rings. The molecule has 2 aliphatic carbocycles. The highest BCUT2D eigenvalue weighted by atomic mass is 19.4. The SMILES string of the molecule is Cc1cc(C(C)(C)C)ccc1N1c2cc(C(F)(F)F)cc3c2B(c2cc4c(cc2N3c2ccc3c(c2)C(C)(C)CCC3(C)C)C(C)(C)CCC4(C)C)c2c1oc1ccccc21. The molecule has 2 aliphatic heterocycles. The molecular formula is C54H58BF3N2O. The molecule has 0 amide bonds. The van der Waals surface area contributed by atoms with E-state index >= 15 is 13.2 Å². The molecular weight excluding hydrogens is 760 g/mol. The largest absolute Gasteiger partial charge is 0.440 e. The van der Waals surface area contributed by atoms with Gasteiger partial charge in [0.1, 0.15) is 5.58 Å². The fourth-order valence-electron chi connectivity index (χ4n) is 11.3. The first-order valence-electron chi connectivity index (χ1n) is 22.2. The molecule has 0 atom stereocenters. The Labute approximate surface area is 360 Å². The normalized spacial score (nSPS) is 19.2. The van der Waals surface area contributed by atoms with Gasteiger partial charge in [-0.2, -0.15) is 13.2 Å². The first-order chi connectivity index (χ1) is 28.4. The highest BCUT2D eigenvalue weighted by Crippen LogP contribution is 2.54. The van der Waals surface area contributed by atoms with Gasteiger partial charge in [0.15, 0.2) is 0 Å². The lowest BCUT2D eigenvalue weighted by Gasteiger charge is -2.47. The van der Waals surface area contributed by atoms with Crippen LogP contribution in [0.25, 0.3) is 11.0 Å². The van der Waals surface area contributed by atoms with Crippen LogP contribution in [-0.4, -0.2) is 6.71 Å². The molecule has 0 bridgehead atoms. The summed E-state index contributed by atoms with van der Waals surface area (Å²) in [5.41, 5.74) is 13.5. The van der Waals surface area contributed by atoms with Crippen LogP contribution in [0, 0.1) is 6.92 Å². The molecule has 0 N–H and O–H groups in total. The minimum Gasteiger partial charge on any atom is -0.440 e. The molecule has 10 rings (SSSR count). The molecule has 5 aromatic carbocycles. The summed E-state index contributed by atoms with van der Waals surface area (Å²) in [6, 6.07) is 28.8. The lowest BCUT2D eigenvalue weighted by Crippen LogP contribution is -2.61. The Balaban J connectivity index is 1.36. The smallest absolute Gasteiger partial charge is 0.416 e. The van der Waals surface area contributed by atoms with Crippen LogP contribution >= 0.6 is 0 Å². The summed E-state index contributed by atoms with van der Waals surface area (Å²) < 4.78 is 53.8. The Morgan fingerprint density at radius 2 is 1.13 bits per heavy atom. The highest BCUT2D eigenvalue weighted by molar-refractivity contribution is 7.01. The van der Waals surface area contributed by atoms with E-state index in [-0.39, 0.29) is 33.8 Å². The van der Waals surface area contributed by atoms with Gasteiger partial charge in [0, 0.05) is 33.6 Å². The highest BCUT2D eigenvalue weighted by Gasteiger charge is 2.50. The topological polar surface area (TPSA) is 19.6 Å². The Bertz CT molecular complexity index is 2830. The van der Waals surface area contributed by atoms with Gasteiger partial charge in [-0.1, -0.05) is 119 Å². The molecule has 0 spiro atoms. The number of para-hydroxylation sites is 1. The van der Waals surface area contributed by atoms with Crippen LogP contribution in [0.4, 0.5) is 47.5 Å². The number of rotatable bonds is 2. The van der Waals surface area contributed by atoms with Crippen LogP contribution in [0.1, 0.15) is 141 Å². The predicted molar refractivity (Wildman–Crippen MR) is 249 cm³/mol. The van der Waals surface area contributed by atoms with E-state index in [1.54, 1.807) is 0 Å². The summed E-state index contributed by atoms with van der Waals surface area (Å²) in [6.07, 6.45) is -0.434. The zero-order chi connectivity index (χ0) is 43.6. The maximum Gasteiger partial charge on any atom is 0.416 e. The average Bonchev–Trinajstić information content (AvgIpc) is 3.56. The Morgan fingerprint density at radius 3 is 1.74 bits per heavy atom. The molecule has 0 saturated heterocycles. The monoisotopic (exact) mass is 818 g/mol. The van der Waals surface area contributed by atoms with Gasteiger partial charge < -0.3 is 9.32 Å². The number of hydrogen-bond acceptors (Lipinski definition) is 3. The van der Waals surface area contributed by atoms with Crippen LogP contribution in [0.5, 0.6) is 0 Å². The van der Waals surface area contributed by atoms with Gasteiger partial charge in [-0.25, -0.2) is 0 Å². The van der Waals surface area contributed by atoms with Crippen molar-refractivity contribution in [2.75, 3.05) is 9.80 Å². The van der Waals surface area contributed by atoms with Crippen molar-refractivity contribution in [3.8, 4) is 0 Å². The van der Waals surface area contributed by atoms with Crippen molar-refractivity contribution < 1.29 is 17.6 Å². The number of halogens is 3. The summed E-state index contributed by atoms with van der Waals surface area (Å²) in [7, 11) is 0. The predicted octanol–water partition coefficient (Wildman–Crippen LogP) is 13.8. The first kappa shape index (κ1) is 40.2. The quantitative estimate of drug-likeness (QED) is 0.162. The van der Waals surface area contributed by atoms with E-state index in [9.17, 15) is 0 Å². The van der Waals surface area contributed by atoms with Crippen LogP contribution in [0.2, 0.25) is 0 Å². The molecule has 0 unspecified atom stereocenters. The fraction of sp³-hybridized carbons (Fsp3) is 0.407. The number of benzene rings is 5. The molecule has 6 aromatic rings. The number of anilines is 6. The Morgan fingerprint density at radius 1 is 0.557 bits per heavy atom. The molecule has 0 fully saturated rings. The fourth-order valence-corrected chi connectivity index (χ4v) is 11.3. The molecule has 1 aromatic heterocycles. The molecule has 0 radical (unpaired) electrons. The maximum absolute atomic E-state index is 15.6. The number of furan rings is 1. The third-order valence-corrected chi connectivity index (χ3v) is 15.3. The van der Waals surface area contributed by atoms with Gasteiger partial charge >= 0.3 is 6.18 Å². The van der Waals surface area contributed by atoms with E-state index in [2.05, 4.69) is 143 Å². The zero-order valence-electron chi connectivity index (χ0n) is 37.9. The summed E-state index contributed by atoms with van der Waals surface area (Å²) in [5.74, 6) is 0.574. The zero-order valence-corrected chi connectivity index (χ0v) is 37.9. The average molecular weight is 819 g/mol. The molecule has 61 heavy (non-hydrogen) atoms. The summed E-state index contributed by atoms with van der Waals surface area (Å²) >= 11 is 0. The van der Waals surface area contributed by atoms with Crippen molar-refractivity contribution in [2.45, 2.75) is 142 Å². The molecule has 0 saturated carbocycles. The van der Waals surface area contributed by atoms with Gasteiger partial charge in [0.2, 0.25) is 5.88 Å². The number of hydrogen-bond donors (Lipinski definition) is 0. The molecule has 3 nitrogen and oxygen atoms in total. The van der Waals surface area contributed by atoms with Crippen LogP contribution in [0.3, 0.4) is 0 Å². The second-order valence-corrected chi connectivity index (χ2v) is 22.3. The van der Waals surface area contributed by atoms with Gasteiger partial charge in [0.25, 0.3) is 6.71 Å². The van der Waals surface area contributed by atoms with Crippen molar-refractivity contribution in [2.24, 2.45) is 0 Å². The third-order valence-electron chi connectivity index (χ3n) is 15.3. The van der Waals surface area contributed by atoms with E-state index in [4.69, 9.17) is 4.42 Å². The number of aryl methyl sites for hydroxylation is 1. The van der Waals surface area contributed by atoms with Gasteiger partial charge in [-0.15, -0.1) is 0 Å². The van der Waals surface area contributed by atoms with E-state index < -0.39 is 11.7 Å². The number of fused-ring (bicyclic) bond motifs is 8. The second-order valence-electron chi connectivity index (χ2n) is 22.3. The first-order valence-corrected chi connectivity index (χ1v) is 22.2. The second kappa shape index (κ2) is 12.6. The lowest BCUT2D eigenvalue weighted by molar-refractivity contribution is -0.137. The van der Waals surface area contributed by atoms with Crippen molar-refractivity contribution >= 4 is 68.4 Å². The number of alkyl halides is 3. The lowest BCUT2D eigenvalue weighted by atomic mass is 9.33. The van der Waals surface area contributed by atoms with E-state index in [1.807, 2.05) is 23.1 Å². The Hall–Kier alpha value is -4.91. The molecule has 314 valence electrons. The van der Waals surface area contributed by atoms with Crippen molar-refractivity contribution in [1.29, 1.82) is 0 Å². The van der Waals surface area contributed by atoms with Gasteiger partial charge in [-0.3, -0.25) is 4.90 Å². The van der Waals surface area contributed by atoms with Crippen LogP contribution < -0.4 is 26.2 Å². The summed E-state index contributed by atoms with van der Waals surface area (Å²) in [6.45, 7) is 26.8. The molecule has 7 heteroatoms. The number of nitrogens with zero attached hydrogens (tertiary/aromatic N) is 2.